The lowest BCUT2D eigenvalue weighted by Crippen LogP contribution is -2.41. The van der Waals surface area contributed by atoms with Gasteiger partial charge >= 0.3 is 5.97 Å². The van der Waals surface area contributed by atoms with Crippen LogP contribution in [0, 0.1) is 6.92 Å². The third kappa shape index (κ3) is 3.88. The third-order valence-electron chi connectivity index (χ3n) is 4.35. The van der Waals surface area contributed by atoms with Crippen LogP contribution in [0.25, 0.3) is 5.69 Å². The van der Waals surface area contributed by atoms with Crippen molar-refractivity contribution in [1.29, 1.82) is 0 Å². The zero-order valence-corrected chi connectivity index (χ0v) is 15.3. The Morgan fingerprint density at radius 1 is 1.35 bits per heavy atom. The fourth-order valence-electron chi connectivity index (χ4n) is 2.89. The first-order valence-corrected chi connectivity index (χ1v) is 9.13. The Labute approximate surface area is 155 Å². The summed E-state index contributed by atoms with van der Waals surface area (Å²) >= 11 is 1.23. The van der Waals surface area contributed by atoms with Crippen LogP contribution in [0.5, 0.6) is 0 Å². The summed E-state index contributed by atoms with van der Waals surface area (Å²) in [5, 5.41) is 17.9. The number of hydrogen-bond acceptors (Lipinski definition) is 6. The number of carboxylic acid groups (broad SMARTS) is 1. The summed E-state index contributed by atoms with van der Waals surface area (Å²) in [4.78, 5) is 25.3. The van der Waals surface area contributed by atoms with Crippen molar-refractivity contribution < 1.29 is 19.4 Å². The lowest BCUT2D eigenvalue weighted by atomic mass is 10.2. The van der Waals surface area contributed by atoms with E-state index in [0.717, 1.165) is 11.3 Å². The average Bonchev–Trinajstić information content (AvgIpc) is 3.27. The predicted octanol–water partition coefficient (Wildman–Crippen LogP) is 1.37. The molecule has 2 unspecified atom stereocenters. The van der Waals surface area contributed by atoms with Gasteiger partial charge in [0, 0.05) is 25.8 Å². The summed E-state index contributed by atoms with van der Waals surface area (Å²) in [6.45, 7) is 2.30. The minimum absolute atomic E-state index is 0.0881. The van der Waals surface area contributed by atoms with Gasteiger partial charge in [0.25, 0.3) is 0 Å². The molecular formula is C17H20N4O4S. The average molecular weight is 376 g/mol. The number of methoxy groups -OCH3 is 1. The molecule has 1 aliphatic rings. The minimum Gasteiger partial charge on any atom is -0.480 e. The number of hydrogen-bond donors (Lipinski definition) is 1. The minimum atomic E-state index is -1.01. The predicted molar refractivity (Wildman–Crippen MR) is 95.4 cm³/mol. The normalized spacial score (nSPS) is 19.7. The molecule has 26 heavy (non-hydrogen) atoms. The number of aromatic nitrogens is 3. The number of aryl methyl sites for hydroxylation is 1. The molecule has 1 saturated heterocycles. The first-order chi connectivity index (χ1) is 12.5. The zero-order chi connectivity index (χ0) is 18.7. The van der Waals surface area contributed by atoms with Crippen LogP contribution in [0.1, 0.15) is 12.0 Å². The second kappa shape index (κ2) is 7.88. The number of carboxylic acids is 1. The van der Waals surface area contributed by atoms with Crippen LogP contribution < -0.4 is 0 Å². The Morgan fingerprint density at radius 2 is 2.08 bits per heavy atom. The lowest BCUT2D eigenvalue weighted by molar-refractivity contribution is -0.147. The highest BCUT2D eigenvalue weighted by Crippen LogP contribution is 2.24. The summed E-state index contributed by atoms with van der Waals surface area (Å²) in [5.41, 5.74) is 2.05. The molecule has 2 atom stereocenters. The number of amides is 1. The van der Waals surface area contributed by atoms with Crippen LogP contribution >= 0.6 is 11.8 Å². The van der Waals surface area contributed by atoms with E-state index in [1.165, 1.54) is 23.8 Å². The van der Waals surface area contributed by atoms with Crippen molar-refractivity contribution in [1.82, 2.24) is 19.7 Å². The molecule has 0 aliphatic carbocycles. The van der Waals surface area contributed by atoms with Gasteiger partial charge in [-0.05, 0) is 19.1 Å². The molecule has 1 aliphatic heterocycles. The second-order valence-electron chi connectivity index (χ2n) is 6.10. The number of aliphatic carboxylic acids is 1. The summed E-state index contributed by atoms with van der Waals surface area (Å²) < 4.78 is 7.02. The molecule has 2 aromatic rings. The molecule has 0 bridgehead atoms. The number of benzene rings is 1. The monoisotopic (exact) mass is 376 g/mol. The Hall–Kier alpha value is -2.39. The van der Waals surface area contributed by atoms with E-state index in [1.807, 2.05) is 31.2 Å². The molecule has 9 heteroatoms. The molecule has 1 fully saturated rings. The van der Waals surface area contributed by atoms with Gasteiger partial charge in [-0.3, -0.25) is 9.36 Å². The van der Waals surface area contributed by atoms with Gasteiger partial charge in [0.1, 0.15) is 12.4 Å². The van der Waals surface area contributed by atoms with Crippen molar-refractivity contribution in [3.8, 4) is 5.69 Å². The Balaban J connectivity index is 1.68. The van der Waals surface area contributed by atoms with E-state index in [1.54, 1.807) is 10.9 Å². The summed E-state index contributed by atoms with van der Waals surface area (Å²) in [7, 11) is 1.52. The first-order valence-electron chi connectivity index (χ1n) is 8.14. The molecule has 0 saturated carbocycles. The van der Waals surface area contributed by atoms with Crippen LogP contribution in [0.15, 0.2) is 35.7 Å². The van der Waals surface area contributed by atoms with Gasteiger partial charge in [0.05, 0.1) is 11.9 Å². The molecular weight excluding hydrogens is 356 g/mol. The molecule has 1 aromatic heterocycles. The molecule has 8 nitrogen and oxygen atoms in total. The standard InChI is InChI=1S/C17H20N4O4S/c1-11-3-5-12(6-4-11)21-10-18-19-17(21)26-9-15(22)20-8-13(25-2)7-14(20)16(23)24/h3-6,10,13-14H,7-9H2,1-2H3,(H,23,24). The molecule has 2 heterocycles. The van der Waals surface area contributed by atoms with Crippen molar-refractivity contribution >= 4 is 23.6 Å². The number of carbonyl (C=O) groups is 2. The third-order valence-corrected chi connectivity index (χ3v) is 5.28. The second-order valence-corrected chi connectivity index (χ2v) is 7.04. The van der Waals surface area contributed by atoms with E-state index in [0.29, 0.717) is 11.6 Å². The molecule has 1 amide bonds. The van der Waals surface area contributed by atoms with Crippen molar-refractivity contribution in [2.24, 2.45) is 0 Å². The van der Waals surface area contributed by atoms with Crippen LogP contribution in [-0.2, 0) is 14.3 Å². The zero-order valence-electron chi connectivity index (χ0n) is 14.5. The number of rotatable bonds is 6. The van der Waals surface area contributed by atoms with E-state index in [4.69, 9.17) is 4.74 Å². The molecule has 0 spiro atoms. The van der Waals surface area contributed by atoms with Gasteiger partial charge < -0.3 is 14.7 Å². The van der Waals surface area contributed by atoms with Crippen molar-refractivity contribution in [3.05, 3.63) is 36.2 Å². The Bertz CT molecular complexity index is 792. The molecule has 138 valence electrons. The summed E-state index contributed by atoms with van der Waals surface area (Å²) in [6.07, 6.45) is 1.65. The summed E-state index contributed by atoms with van der Waals surface area (Å²) in [6, 6.07) is 7.04. The number of carbonyl (C=O) groups excluding carboxylic acids is 1. The highest BCUT2D eigenvalue weighted by molar-refractivity contribution is 7.99. The van der Waals surface area contributed by atoms with Crippen molar-refractivity contribution in [3.63, 3.8) is 0 Å². The van der Waals surface area contributed by atoms with Gasteiger partial charge in [-0.2, -0.15) is 0 Å². The lowest BCUT2D eigenvalue weighted by Gasteiger charge is -2.20. The highest BCUT2D eigenvalue weighted by Gasteiger charge is 2.39. The van der Waals surface area contributed by atoms with Crippen LogP contribution in [-0.4, -0.2) is 68.2 Å². The highest BCUT2D eigenvalue weighted by atomic mass is 32.2. The Morgan fingerprint density at radius 3 is 2.73 bits per heavy atom. The van der Waals surface area contributed by atoms with Crippen molar-refractivity contribution in [2.45, 2.75) is 30.6 Å². The maximum absolute atomic E-state index is 12.5. The summed E-state index contributed by atoms with van der Waals surface area (Å²) in [5.74, 6) is -1.17. The van der Waals surface area contributed by atoms with Gasteiger partial charge in [-0.25, -0.2) is 4.79 Å². The van der Waals surface area contributed by atoms with Crippen molar-refractivity contribution in [2.75, 3.05) is 19.4 Å². The fraction of sp³-hybridized carbons (Fsp3) is 0.412. The maximum Gasteiger partial charge on any atom is 0.326 e. The van der Waals surface area contributed by atoms with Gasteiger partial charge in [-0.15, -0.1) is 10.2 Å². The molecule has 0 radical (unpaired) electrons. The SMILES string of the molecule is COC1CC(C(=O)O)N(C(=O)CSc2nncn2-c2ccc(C)cc2)C1. The van der Waals surface area contributed by atoms with Gasteiger partial charge in [-0.1, -0.05) is 29.5 Å². The van der Waals surface area contributed by atoms with E-state index >= 15 is 0 Å². The van der Waals surface area contributed by atoms with Crippen LogP contribution in [0.2, 0.25) is 0 Å². The number of likely N-dealkylation sites (tertiary alicyclic amines) is 1. The Kier molecular flexibility index (Phi) is 5.58. The molecule has 1 aromatic carbocycles. The quantitative estimate of drug-likeness (QED) is 0.760. The smallest absolute Gasteiger partial charge is 0.326 e. The van der Waals surface area contributed by atoms with E-state index < -0.39 is 12.0 Å². The largest absolute Gasteiger partial charge is 0.480 e. The number of thioether (sulfide) groups is 1. The van der Waals surface area contributed by atoms with Crippen LogP contribution in [0.4, 0.5) is 0 Å². The number of ether oxygens (including phenoxy) is 1. The maximum atomic E-state index is 12.5. The van der Waals surface area contributed by atoms with E-state index in [-0.39, 0.29) is 24.3 Å². The first kappa shape index (κ1) is 18.4. The topological polar surface area (TPSA) is 97.6 Å². The van der Waals surface area contributed by atoms with E-state index in [2.05, 4.69) is 10.2 Å². The van der Waals surface area contributed by atoms with Gasteiger partial charge in [0.15, 0.2) is 5.16 Å². The van der Waals surface area contributed by atoms with Gasteiger partial charge in [0.2, 0.25) is 5.91 Å². The number of nitrogens with zero attached hydrogens (tertiary/aromatic N) is 4. The fourth-order valence-corrected chi connectivity index (χ4v) is 3.71. The molecule has 3 rings (SSSR count). The molecule has 1 N–H and O–H groups in total. The van der Waals surface area contributed by atoms with E-state index in [9.17, 15) is 14.7 Å². The van der Waals surface area contributed by atoms with Crippen LogP contribution in [0.3, 0.4) is 0 Å².